The lowest BCUT2D eigenvalue weighted by atomic mass is 10.1. The number of benzene rings is 1. The first-order valence-electron chi connectivity index (χ1n) is 9.49. The summed E-state index contributed by atoms with van der Waals surface area (Å²) in [6.45, 7) is 10.8. The molecule has 142 valence electrons. The third kappa shape index (κ3) is 8.75. The van der Waals surface area contributed by atoms with Crippen LogP contribution < -0.4 is 0 Å². The maximum Gasteiger partial charge on any atom is 0.410 e. The third-order valence-electron chi connectivity index (χ3n) is 4.20. The summed E-state index contributed by atoms with van der Waals surface area (Å²) in [4.78, 5) is 14.6. The molecule has 0 aromatic heterocycles. The fourth-order valence-corrected chi connectivity index (χ4v) is 3.01. The highest BCUT2D eigenvalue weighted by Gasteiger charge is 2.26. The number of unbranched alkanes of at least 4 members (excludes halogenated alkanes) is 5. The Morgan fingerprint density at radius 3 is 2.20 bits per heavy atom. The van der Waals surface area contributed by atoms with Gasteiger partial charge in [-0.1, -0.05) is 67.1 Å². The summed E-state index contributed by atoms with van der Waals surface area (Å²) in [6, 6.07) is 8.16. The summed E-state index contributed by atoms with van der Waals surface area (Å²) >= 11 is 3.47. The molecule has 3 nitrogen and oxygen atoms in total. The maximum absolute atomic E-state index is 12.7. The Labute approximate surface area is 162 Å². The monoisotopic (exact) mass is 411 g/mol. The molecule has 0 aliphatic rings. The average molecular weight is 412 g/mol. The predicted molar refractivity (Wildman–Crippen MR) is 109 cm³/mol. The SMILES string of the molecule is CCCCCCCCN(C(=O)OC(C)(C)C)C(C)c1ccc(Br)cc1. The van der Waals surface area contributed by atoms with E-state index in [4.69, 9.17) is 4.74 Å². The average Bonchev–Trinajstić information content (AvgIpc) is 2.52. The van der Waals surface area contributed by atoms with Gasteiger partial charge in [-0.2, -0.15) is 0 Å². The van der Waals surface area contributed by atoms with Crippen LogP contribution in [0.5, 0.6) is 0 Å². The number of rotatable bonds is 9. The third-order valence-corrected chi connectivity index (χ3v) is 4.73. The first kappa shape index (κ1) is 22.0. The summed E-state index contributed by atoms with van der Waals surface area (Å²) in [5.74, 6) is 0. The summed E-state index contributed by atoms with van der Waals surface area (Å²) in [7, 11) is 0. The molecule has 0 saturated heterocycles. The molecular weight excluding hydrogens is 378 g/mol. The molecule has 25 heavy (non-hydrogen) atoms. The first-order valence-corrected chi connectivity index (χ1v) is 10.3. The van der Waals surface area contributed by atoms with Gasteiger partial charge in [0.2, 0.25) is 0 Å². The van der Waals surface area contributed by atoms with Crippen LogP contribution in [-0.2, 0) is 4.74 Å². The van der Waals surface area contributed by atoms with Crippen molar-refractivity contribution >= 4 is 22.0 Å². The zero-order valence-corrected chi connectivity index (χ0v) is 18.1. The molecule has 0 heterocycles. The van der Waals surface area contributed by atoms with E-state index >= 15 is 0 Å². The van der Waals surface area contributed by atoms with Crippen molar-refractivity contribution in [1.29, 1.82) is 0 Å². The zero-order valence-electron chi connectivity index (χ0n) is 16.5. The number of hydrogen-bond acceptors (Lipinski definition) is 2. The molecule has 0 saturated carbocycles. The fraction of sp³-hybridized carbons (Fsp3) is 0.667. The molecule has 1 rings (SSSR count). The van der Waals surface area contributed by atoms with Gasteiger partial charge in [0.05, 0.1) is 6.04 Å². The van der Waals surface area contributed by atoms with Crippen molar-refractivity contribution in [1.82, 2.24) is 4.90 Å². The molecule has 1 atom stereocenters. The van der Waals surface area contributed by atoms with Gasteiger partial charge < -0.3 is 9.64 Å². The quantitative estimate of drug-likeness (QED) is 0.405. The number of carbonyl (C=O) groups excluding carboxylic acids is 1. The number of halogens is 1. The molecule has 0 N–H and O–H groups in total. The standard InChI is InChI=1S/C21H34BrNO2/c1-6-7-8-9-10-11-16-23(20(24)25-21(3,4)5)17(2)18-12-14-19(22)15-13-18/h12-15,17H,6-11,16H2,1-5H3. The molecule has 1 aromatic carbocycles. The second kappa shape index (κ2) is 10.8. The summed E-state index contributed by atoms with van der Waals surface area (Å²) in [5.41, 5.74) is 0.649. The van der Waals surface area contributed by atoms with E-state index in [1.165, 1.54) is 25.7 Å². The van der Waals surface area contributed by atoms with Crippen molar-refractivity contribution in [2.75, 3.05) is 6.54 Å². The number of nitrogens with zero attached hydrogens (tertiary/aromatic N) is 1. The molecule has 4 heteroatoms. The number of amides is 1. The van der Waals surface area contributed by atoms with Crippen LogP contribution >= 0.6 is 15.9 Å². The normalized spacial score (nSPS) is 12.7. The van der Waals surface area contributed by atoms with Crippen LogP contribution in [0.4, 0.5) is 4.79 Å². The lowest BCUT2D eigenvalue weighted by Gasteiger charge is -2.32. The number of ether oxygens (including phenoxy) is 1. The highest BCUT2D eigenvalue weighted by molar-refractivity contribution is 9.10. The van der Waals surface area contributed by atoms with Crippen molar-refractivity contribution < 1.29 is 9.53 Å². The smallest absolute Gasteiger partial charge is 0.410 e. The van der Waals surface area contributed by atoms with E-state index < -0.39 is 5.60 Å². The first-order chi connectivity index (χ1) is 11.7. The van der Waals surface area contributed by atoms with Gasteiger partial charge in [-0.05, 0) is 51.8 Å². The predicted octanol–water partition coefficient (Wildman–Crippen LogP) is 7.11. The highest BCUT2D eigenvalue weighted by Crippen LogP contribution is 2.25. The van der Waals surface area contributed by atoms with Gasteiger partial charge in [-0.3, -0.25) is 0 Å². The lowest BCUT2D eigenvalue weighted by Crippen LogP contribution is -2.39. The van der Waals surface area contributed by atoms with Gasteiger partial charge in [0.25, 0.3) is 0 Å². The molecule has 0 fully saturated rings. The minimum absolute atomic E-state index is 0.00130. The lowest BCUT2D eigenvalue weighted by molar-refractivity contribution is 0.0169. The minimum Gasteiger partial charge on any atom is -0.444 e. The zero-order chi connectivity index (χ0) is 18.9. The highest BCUT2D eigenvalue weighted by atomic mass is 79.9. The van der Waals surface area contributed by atoms with Crippen LogP contribution in [0.25, 0.3) is 0 Å². The Morgan fingerprint density at radius 2 is 1.64 bits per heavy atom. The molecular formula is C21H34BrNO2. The Bertz CT molecular complexity index is 508. The van der Waals surface area contributed by atoms with Crippen molar-refractivity contribution in [3.63, 3.8) is 0 Å². The van der Waals surface area contributed by atoms with Gasteiger partial charge in [0.15, 0.2) is 0 Å². The van der Waals surface area contributed by atoms with Gasteiger partial charge >= 0.3 is 6.09 Å². The Morgan fingerprint density at radius 1 is 1.08 bits per heavy atom. The fourth-order valence-electron chi connectivity index (χ4n) is 2.75. The molecule has 1 amide bonds. The van der Waals surface area contributed by atoms with E-state index in [9.17, 15) is 4.79 Å². The summed E-state index contributed by atoms with van der Waals surface area (Å²) in [5, 5.41) is 0. The van der Waals surface area contributed by atoms with Crippen molar-refractivity contribution in [3.05, 3.63) is 34.3 Å². The minimum atomic E-state index is -0.476. The maximum atomic E-state index is 12.7. The molecule has 0 aliphatic carbocycles. The van der Waals surface area contributed by atoms with Crippen molar-refractivity contribution in [2.45, 2.75) is 84.8 Å². The Kier molecular flexibility index (Phi) is 9.55. The van der Waals surface area contributed by atoms with Gasteiger partial charge in [-0.15, -0.1) is 0 Å². The van der Waals surface area contributed by atoms with Crippen molar-refractivity contribution in [2.24, 2.45) is 0 Å². The van der Waals surface area contributed by atoms with Crippen LogP contribution in [-0.4, -0.2) is 23.1 Å². The summed E-state index contributed by atoms with van der Waals surface area (Å²) < 4.78 is 6.68. The van der Waals surface area contributed by atoms with E-state index in [-0.39, 0.29) is 12.1 Å². The second-order valence-corrected chi connectivity index (χ2v) is 8.58. The molecule has 1 unspecified atom stereocenters. The topological polar surface area (TPSA) is 29.5 Å². The van der Waals surface area contributed by atoms with E-state index in [0.717, 1.165) is 29.4 Å². The van der Waals surface area contributed by atoms with E-state index in [0.29, 0.717) is 0 Å². The Hall–Kier alpha value is -1.03. The van der Waals surface area contributed by atoms with Gasteiger partial charge in [0.1, 0.15) is 5.60 Å². The van der Waals surface area contributed by atoms with Crippen LogP contribution in [0.3, 0.4) is 0 Å². The van der Waals surface area contributed by atoms with Crippen LogP contribution in [0.1, 0.15) is 84.7 Å². The second-order valence-electron chi connectivity index (χ2n) is 7.67. The molecule has 0 aliphatic heterocycles. The molecule has 0 radical (unpaired) electrons. The largest absolute Gasteiger partial charge is 0.444 e. The van der Waals surface area contributed by atoms with E-state index in [2.05, 4.69) is 41.9 Å². The molecule has 0 spiro atoms. The van der Waals surface area contributed by atoms with Crippen LogP contribution in [0.15, 0.2) is 28.7 Å². The van der Waals surface area contributed by atoms with E-state index in [1.807, 2.05) is 37.8 Å². The van der Waals surface area contributed by atoms with Gasteiger partial charge in [0, 0.05) is 11.0 Å². The number of carbonyl (C=O) groups is 1. The van der Waals surface area contributed by atoms with Crippen LogP contribution in [0, 0.1) is 0 Å². The molecule has 1 aromatic rings. The Balaban J connectivity index is 2.72. The van der Waals surface area contributed by atoms with Crippen molar-refractivity contribution in [3.8, 4) is 0 Å². The van der Waals surface area contributed by atoms with Gasteiger partial charge in [-0.25, -0.2) is 4.79 Å². The number of hydrogen-bond donors (Lipinski definition) is 0. The molecule has 0 bridgehead atoms. The van der Waals surface area contributed by atoms with Crippen LogP contribution in [0.2, 0.25) is 0 Å². The summed E-state index contributed by atoms with van der Waals surface area (Å²) in [6.07, 6.45) is 7.02. The van der Waals surface area contributed by atoms with E-state index in [1.54, 1.807) is 0 Å².